The third kappa shape index (κ3) is 6.11. The van der Waals surface area contributed by atoms with Gasteiger partial charge in [-0.15, -0.1) is 11.3 Å². The summed E-state index contributed by atoms with van der Waals surface area (Å²) in [5.41, 5.74) is 2.22. The predicted molar refractivity (Wildman–Crippen MR) is 127 cm³/mol. The number of hydrogen-bond acceptors (Lipinski definition) is 5. The van der Waals surface area contributed by atoms with Crippen molar-refractivity contribution in [1.29, 1.82) is 0 Å². The summed E-state index contributed by atoms with van der Waals surface area (Å²) in [7, 11) is 1.61. The SMILES string of the molecule is COCCN(CC(=O)N1CCc2sccc2C1COc1ccccc1C)C(=O)CC(C)C. The standard InChI is InChI=1S/C25H34N2O4S/c1-18(2)15-24(28)26(12-13-30-4)16-25(29)27-11-9-23-20(10-14-32-23)21(27)17-31-22-8-6-5-7-19(22)3/h5-8,10,14,18,21H,9,11-13,15-17H2,1-4H3. The van der Waals surface area contributed by atoms with E-state index in [0.717, 1.165) is 23.3 Å². The molecule has 0 radical (unpaired) electrons. The second kappa shape index (κ2) is 11.5. The fourth-order valence-corrected chi connectivity index (χ4v) is 4.92. The van der Waals surface area contributed by atoms with Crippen molar-refractivity contribution in [2.75, 3.05) is 40.0 Å². The summed E-state index contributed by atoms with van der Waals surface area (Å²) < 4.78 is 11.3. The van der Waals surface area contributed by atoms with Gasteiger partial charge in [-0.2, -0.15) is 0 Å². The topological polar surface area (TPSA) is 59.1 Å². The number of fused-ring (bicyclic) bond motifs is 1. The van der Waals surface area contributed by atoms with Gasteiger partial charge < -0.3 is 19.3 Å². The summed E-state index contributed by atoms with van der Waals surface area (Å²) in [5.74, 6) is 1.01. The third-order valence-electron chi connectivity index (χ3n) is 5.73. The van der Waals surface area contributed by atoms with Crippen LogP contribution in [0.4, 0.5) is 0 Å². The largest absolute Gasteiger partial charge is 0.491 e. The van der Waals surface area contributed by atoms with Gasteiger partial charge in [-0.25, -0.2) is 0 Å². The molecule has 1 aromatic carbocycles. The quantitative estimate of drug-likeness (QED) is 0.538. The van der Waals surface area contributed by atoms with Gasteiger partial charge in [-0.1, -0.05) is 32.0 Å². The minimum Gasteiger partial charge on any atom is -0.491 e. The van der Waals surface area contributed by atoms with E-state index in [0.29, 0.717) is 32.7 Å². The van der Waals surface area contributed by atoms with Crippen LogP contribution in [0.25, 0.3) is 0 Å². The van der Waals surface area contributed by atoms with Crippen molar-refractivity contribution in [3.05, 3.63) is 51.7 Å². The first-order valence-electron chi connectivity index (χ1n) is 11.2. The van der Waals surface area contributed by atoms with Crippen molar-refractivity contribution in [1.82, 2.24) is 9.80 Å². The number of thiophene rings is 1. The van der Waals surface area contributed by atoms with E-state index in [9.17, 15) is 9.59 Å². The van der Waals surface area contributed by atoms with E-state index in [1.165, 1.54) is 4.88 Å². The molecule has 0 spiro atoms. The highest BCUT2D eigenvalue weighted by molar-refractivity contribution is 7.10. The van der Waals surface area contributed by atoms with E-state index in [-0.39, 0.29) is 30.3 Å². The Morgan fingerprint density at radius 3 is 2.75 bits per heavy atom. The van der Waals surface area contributed by atoms with Crippen molar-refractivity contribution in [3.63, 3.8) is 0 Å². The van der Waals surface area contributed by atoms with Gasteiger partial charge in [-0.3, -0.25) is 9.59 Å². The molecule has 32 heavy (non-hydrogen) atoms. The van der Waals surface area contributed by atoms with Gasteiger partial charge in [-0.05, 0) is 47.9 Å². The monoisotopic (exact) mass is 458 g/mol. The number of methoxy groups -OCH3 is 1. The fraction of sp³-hybridized carbons (Fsp3) is 0.520. The number of carbonyl (C=O) groups is 2. The number of para-hydroxylation sites is 1. The maximum Gasteiger partial charge on any atom is 0.242 e. The molecule has 2 amide bonds. The molecule has 0 aliphatic carbocycles. The average Bonchev–Trinajstić information content (AvgIpc) is 3.24. The lowest BCUT2D eigenvalue weighted by molar-refractivity contribution is -0.143. The second-order valence-electron chi connectivity index (χ2n) is 8.63. The molecule has 0 fully saturated rings. The first kappa shape index (κ1) is 24.3. The van der Waals surface area contributed by atoms with Gasteiger partial charge in [0.2, 0.25) is 11.8 Å². The molecule has 3 rings (SSSR count). The Balaban J connectivity index is 1.76. The number of amides is 2. The molecule has 0 N–H and O–H groups in total. The summed E-state index contributed by atoms with van der Waals surface area (Å²) in [5, 5.41) is 2.08. The number of benzene rings is 1. The van der Waals surface area contributed by atoms with E-state index in [2.05, 4.69) is 11.4 Å². The van der Waals surface area contributed by atoms with Crippen LogP contribution in [-0.4, -0.2) is 61.6 Å². The van der Waals surface area contributed by atoms with E-state index >= 15 is 0 Å². The summed E-state index contributed by atoms with van der Waals surface area (Å²) in [6.07, 6.45) is 1.25. The molecule has 0 saturated heterocycles. The van der Waals surface area contributed by atoms with Crippen LogP contribution >= 0.6 is 11.3 Å². The van der Waals surface area contributed by atoms with E-state index in [1.54, 1.807) is 23.3 Å². The van der Waals surface area contributed by atoms with Crippen molar-refractivity contribution >= 4 is 23.2 Å². The van der Waals surface area contributed by atoms with Crippen molar-refractivity contribution in [3.8, 4) is 5.75 Å². The van der Waals surface area contributed by atoms with Gasteiger partial charge >= 0.3 is 0 Å². The van der Waals surface area contributed by atoms with E-state index < -0.39 is 0 Å². The van der Waals surface area contributed by atoms with Crippen molar-refractivity contribution in [2.45, 2.75) is 39.7 Å². The number of nitrogens with zero attached hydrogens (tertiary/aromatic N) is 2. The molecule has 2 aromatic rings. The van der Waals surface area contributed by atoms with Gasteiger partial charge in [0.15, 0.2) is 0 Å². The summed E-state index contributed by atoms with van der Waals surface area (Å²) in [6.45, 7) is 7.94. The smallest absolute Gasteiger partial charge is 0.242 e. The van der Waals surface area contributed by atoms with Crippen molar-refractivity contribution < 1.29 is 19.1 Å². The molecule has 1 aliphatic heterocycles. The van der Waals surface area contributed by atoms with Crippen LogP contribution in [0.3, 0.4) is 0 Å². The zero-order chi connectivity index (χ0) is 23.1. The first-order chi connectivity index (χ1) is 15.4. The minimum absolute atomic E-state index is 0.00802. The molecule has 0 bridgehead atoms. The lowest BCUT2D eigenvalue weighted by Gasteiger charge is -2.37. The summed E-state index contributed by atoms with van der Waals surface area (Å²) >= 11 is 1.73. The number of rotatable bonds is 10. The Hall–Kier alpha value is -2.38. The van der Waals surface area contributed by atoms with Crippen LogP contribution in [-0.2, 0) is 20.7 Å². The molecule has 7 heteroatoms. The Morgan fingerprint density at radius 1 is 1.25 bits per heavy atom. The highest BCUT2D eigenvalue weighted by atomic mass is 32.1. The van der Waals surface area contributed by atoms with E-state index in [1.807, 2.05) is 49.9 Å². The Kier molecular flexibility index (Phi) is 8.70. The molecule has 2 heterocycles. The summed E-state index contributed by atoms with van der Waals surface area (Å²) in [6, 6.07) is 9.84. The molecule has 1 unspecified atom stereocenters. The lowest BCUT2D eigenvalue weighted by atomic mass is 10.00. The van der Waals surface area contributed by atoms with Crippen LogP contribution in [0.15, 0.2) is 35.7 Å². The highest BCUT2D eigenvalue weighted by Crippen LogP contribution is 2.34. The Morgan fingerprint density at radius 2 is 2.03 bits per heavy atom. The molecule has 6 nitrogen and oxygen atoms in total. The molecular formula is C25H34N2O4S. The van der Waals surface area contributed by atoms with Gasteiger partial charge in [0, 0.05) is 31.5 Å². The number of hydrogen-bond donors (Lipinski definition) is 0. The molecule has 1 aromatic heterocycles. The zero-order valence-corrected chi connectivity index (χ0v) is 20.3. The van der Waals surface area contributed by atoms with E-state index in [4.69, 9.17) is 9.47 Å². The molecule has 1 atom stereocenters. The fourth-order valence-electron chi connectivity index (χ4n) is 3.99. The molecule has 1 aliphatic rings. The zero-order valence-electron chi connectivity index (χ0n) is 19.5. The Bertz CT molecular complexity index is 911. The second-order valence-corrected chi connectivity index (χ2v) is 9.64. The molecule has 0 saturated carbocycles. The predicted octanol–water partition coefficient (Wildman–Crippen LogP) is 4.08. The molecular weight excluding hydrogens is 424 g/mol. The minimum atomic E-state index is -0.165. The maximum atomic E-state index is 13.4. The summed E-state index contributed by atoms with van der Waals surface area (Å²) in [4.78, 5) is 31.0. The Labute approximate surface area is 195 Å². The van der Waals surface area contributed by atoms with Gasteiger partial charge in [0.1, 0.15) is 12.4 Å². The average molecular weight is 459 g/mol. The number of ether oxygens (including phenoxy) is 2. The van der Waals surface area contributed by atoms with Crippen LogP contribution in [0.5, 0.6) is 5.75 Å². The molecule has 174 valence electrons. The van der Waals surface area contributed by atoms with Crippen LogP contribution < -0.4 is 4.74 Å². The van der Waals surface area contributed by atoms with Crippen LogP contribution in [0.2, 0.25) is 0 Å². The van der Waals surface area contributed by atoms with Gasteiger partial charge in [0.05, 0.1) is 19.2 Å². The van der Waals surface area contributed by atoms with Crippen molar-refractivity contribution in [2.24, 2.45) is 5.92 Å². The number of carbonyl (C=O) groups excluding carboxylic acids is 2. The maximum absolute atomic E-state index is 13.4. The number of aryl methyl sites for hydroxylation is 1. The first-order valence-corrected chi connectivity index (χ1v) is 12.1. The van der Waals surface area contributed by atoms with Crippen LogP contribution in [0.1, 0.15) is 42.3 Å². The third-order valence-corrected chi connectivity index (χ3v) is 6.73. The van der Waals surface area contributed by atoms with Gasteiger partial charge in [0.25, 0.3) is 0 Å². The normalized spacial score (nSPS) is 15.5. The van der Waals surface area contributed by atoms with Crippen LogP contribution in [0, 0.1) is 12.8 Å². The highest BCUT2D eigenvalue weighted by Gasteiger charge is 2.33. The lowest BCUT2D eigenvalue weighted by Crippen LogP contribution is -2.48.